The summed E-state index contributed by atoms with van der Waals surface area (Å²) < 4.78 is 15.8. The first kappa shape index (κ1) is 17.8. The van der Waals surface area contributed by atoms with Gasteiger partial charge >= 0.3 is 0 Å². The molecule has 0 saturated heterocycles. The number of halogens is 2. The van der Waals surface area contributed by atoms with Gasteiger partial charge in [-0.1, -0.05) is 29.8 Å². The summed E-state index contributed by atoms with van der Waals surface area (Å²) in [6.07, 6.45) is 2.61. The minimum absolute atomic E-state index is 0.0948. The molecule has 4 rings (SSSR count). The van der Waals surface area contributed by atoms with E-state index in [1.54, 1.807) is 12.1 Å². The Hall–Kier alpha value is -3.59. The minimum Gasteiger partial charge on any atom is -0.294 e. The van der Waals surface area contributed by atoms with Gasteiger partial charge in [0.2, 0.25) is 0 Å². The summed E-state index contributed by atoms with van der Waals surface area (Å²) >= 11 is 6.03. The van der Waals surface area contributed by atoms with E-state index in [4.69, 9.17) is 11.6 Å². The second-order valence-corrected chi connectivity index (χ2v) is 6.36. The molecule has 0 bridgehead atoms. The largest absolute Gasteiger partial charge is 0.294 e. The average molecular weight is 400 g/mol. The smallest absolute Gasteiger partial charge is 0.294 e. The van der Waals surface area contributed by atoms with E-state index in [0.717, 1.165) is 0 Å². The maximum Gasteiger partial charge on any atom is 0.294 e. The molecule has 2 heterocycles. The highest BCUT2D eigenvalue weighted by Gasteiger charge is 2.19. The Kier molecular flexibility index (Phi) is 4.36. The van der Waals surface area contributed by atoms with Crippen LogP contribution in [-0.2, 0) is 6.54 Å². The van der Waals surface area contributed by atoms with Gasteiger partial charge in [-0.25, -0.2) is 14.1 Å². The van der Waals surface area contributed by atoms with E-state index in [-0.39, 0.29) is 34.0 Å². The van der Waals surface area contributed by atoms with Crippen LogP contribution in [0.3, 0.4) is 0 Å². The molecule has 0 spiro atoms. The van der Waals surface area contributed by atoms with Crippen LogP contribution in [0.25, 0.3) is 16.7 Å². The zero-order chi connectivity index (χ0) is 19.8. The highest BCUT2D eigenvalue weighted by Crippen LogP contribution is 2.24. The maximum absolute atomic E-state index is 13.2. The van der Waals surface area contributed by atoms with Gasteiger partial charge < -0.3 is 0 Å². The van der Waals surface area contributed by atoms with Crippen LogP contribution in [0.15, 0.2) is 59.8 Å². The van der Waals surface area contributed by atoms with Gasteiger partial charge in [0.1, 0.15) is 23.2 Å². The molecule has 0 saturated carbocycles. The van der Waals surface area contributed by atoms with Crippen molar-refractivity contribution in [3.05, 3.63) is 91.9 Å². The Labute approximate surface area is 161 Å². The van der Waals surface area contributed by atoms with Crippen molar-refractivity contribution in [2.45, 2.75) is 6.54 Å². The number of hydrogen-bond acceptors (Lipinski definition) is 5. The zero-order valence-corrected chi connectivity index (χ0v) is 14.9. The zero-order valence-electron chi connectivity index (χ0n) is 14.1. The Morgan fingerprint density at radius 3 is 2.75 bits per heavy atom. The molecule has 2 aromatic carbocycles. The van der Waals surface area contributed by atoms with Crippen LogP contribution < -0.4 is 5.56 Å². The van der Waals surface area contributed by atoms with E-state index in [0.29, 0.717) is 5.56 Å². The van der Waals surface area contributed by atoms with E-state index in [2.05, 4.69) is 10.1 Å². The average Bonchev–Trinajstić information content (AvgIpc) is 3.10. The molecule has 0 radical (unpaired) electrons. The second-order valence-electron chi connectivity index (χ2n) is 5.95. The van der Waals surface area contributed by atoms with Gasteiger partial charge in [0.25, 0.3) is 11.2 Å². The monoisotopic (exact) mass is 399 g/mol. The summed E-state index contributed by atoms with van der Waals surface area (Å²) in [6.45, 7) is 0.0948. The lowest BCUT2D eigenvalue weighted by Gasteiger charge is -2.08. The fourth-order valence-electron chi connectivity index (χ4n) is 2.87. The molecule has 0 aliphatic carbocycles. The first-order valence-corrected chi connectivity index (χ1v) is 8.44. The highest BCUT2D eigenvalue weighted by atomic mass is 35.5. The van der Waals surface area contributed by atoms with Crippen LogP contribution in [0, 0.1) is 15.9 Å². The summed E-state index contributed by atoms with van der Waals surface area (Å²) in [6, 6.07) is 9.96. The molecular weight excluding hydrogens is 389 g/mol. The van der Waals surface area contributed by atoms with Gasteiger partial charge in [0.05, 0.1) is 17.7 Å². The lowest BCUT2D eigenvalue weighted by molar-refractivity contribution is -0.384. The molecule has 10 heteroatoms. The number of nitro groups is 1. The fraction of sp³-hybridized carbons (Fsp3) is 0.0556. The van der Waals surface area contributed by atoms with Crippen molar-refractivity contribution in [3.63, 3.8) is 0 Å². The van der Waals surface area contributed by atoms with Crippen LogP contribution in [0.1, 0.15) is 5.56 Å². The maximum atomic E-state index is 13.2. The summed E-state index contributed by atoms with van der Waals surface area (Å²) in [4.78, 5) is 27.8. The van der Waals surface area contributed by atoms with Gasteiger partial charge in [0, 0.05) is 11.1 Å². The number of aromatic nitrogens is 4. The third kappa shape index (κ3) is 3.01. The van der Waals surface area contributed by atoms with Crippen molar-refractivity contribution in [1.29, 1.82) is 0 Å². The Balaban J connectivity index is 1.81. The quantitative estimate of drug-likeness (QED) is 0.387. The second kappa shape index (κ2) is 6.86. The Bertz CT molecular complexity index is 1280. The van der Waals surface area contributed by atoms with Crippen molar-refractivity contribution in [2.24, 2.45) is 0 Å². The lowest BCUT2D eigenvalue weighted by atomic mass is 10.2. The van der Waals surface area contributed by atoms with Crippen molar-refractivity contribution in [1.82, 2.24) is 19.3 Å². The van der Waals surface area contributed by atoms with Crippen LogP contribution in [0.4, 0.5) is 10.1 Å². The standard InChI is InChI=1S/C18H11ClFN5O3/c19-14-7-12(20)6-5-11(14)9-23-10-21-17-13(18(23)26)8-22-24(17)15-3-1-2-4-16(15)25(27)28/h1-8,10H,9H2. The summed E-state index contributed by atoms with van der Waals surface area (Å²) in [7, 11) is 0. The molecule has 0 atom stereocenters. The number of rotatable bonds is 4. The number of nitrogens with zero attached hydrogens (tertiary/aromatic N) is 5. The molecule has 0 amide bonds. The van der Waals surface area contributed by atoms with Crippen LogP contribution in [-0.4, -0.2) is 24.3 Å². The Morgan fingerprint density at radius 1 is 1.21 bits per heavy atom. The molecule has 8 nitrogen and oxygen atoms in total. The van der Waals surface area contributed by atoms with Crippen molar-refractivity contribution < 1.29 is 9.31 Å². The highest BCUT2D eigenvalue weighted by molar-refractivity contribution is 6.31. The molecule has 0 unspecified atom stereocenters. The first-order chi connectivity index (χ1) is 13.5. The van der Waals surface area contributed by atoms with Gasteiger partial charge in [-0.3, -0.25) is 19.5 Å². The fourth-order valence-corrected chi connectivity index (χ4v) is 3.10. The number of benzene rings is 2. The molecule has 0 fully saturated rings. The van der Waals surface area contributed by atoms with E-state index < -0.39 is 16.3 Å². The number of nitro benzene ring substituents is 1. The topological polar surface area (TPSA) is 95.8 Å². The van der Waals surface area contributed by atoms with Gasteiger partial charge in [-0.2, -0.15) is 5.10 Å². The van der Waals surface area contributed by atoms with Crippen molar-refractivity contribution in [3.8, 4) is 5.69 Å². The van der Waals surface area contributed by atoms with E-state index in [1.807, 2.05) is 0 Å². The number of hydrogen-bond donors (Lipinski definition) is 0. The predicted molar refractivity (Wildman–Crippen MR) is 100 cm³/mol. The molecule has 4 aromatic rings. The van der Waals surface area contributed by atoms with E-state index >= 15 is 0 Å². The minimum atomic E-state index is -0.527. The van der Waals surface area contributed by atoms with E-state index in [1.165, 1.54) is 52.1 Å². The predicted octanol–water partition coefficient (Wildman–Crippen LogP) is 3.33. The van der Waals surface area contributed by atoms with E-state index in [9.17, 15) is 19.3 Å². The molecular formula is C18H11ClFN5O3. The van der Waals surface area contributed by atoms with Gasteiger partial charge in [-0.15, -0.1) is 0 Å². The lowest BCUT2D eigenvalue weighted by Crippen LogP contribution is -2.21. The third-order valence-corrected chi connectivity index (χ3v) is 4.57. The molecule has 28 heavy (non-hydrogen) atoms. The Morgan fingerprint density at radius 2 is 2.00 bits per heavy atom. The normalized spacial score (nSPS) is 11.1. The first-order valence-electron chi connectivity index (χ1n) is 8.06. The van der Waals surface area contributed by atoms with Crippen molar-refractivity contribution >= 4 is 28.3 Å². The van der Waals surface area contributed by atoms with Crippen LogP contribution in [0.2, 0.25) is 5.02 Å². The summed E-state index contributed by atoms with van der Waals surface area (Å²) in [5.74, 6) is -0.472. The number of para-hydroxylation sites is 2. The number of fused-ring (bicyclic) bond motifs is 1. The molecule has 0 aliphatic rings. The third-order valence-electron chi connectivity index (χ3n) is 4.22. The van der Waals surface area contributed by atoms with Crippen LogP contribution >= 0.6 is 11.6 Å². The summed E-state index contributed by atoms with van der Waals surface area (Å²) in [5.41, 5.74) is 0.402. The molecule has 140 valence electrons. The molecule has 0 aliphatic heterocycles. The van der Waals surface area contributed by atoms with Crippen molar-refractivity contribution in [2.75, 3.05) is 0 Å². The summed E-state index contributed by atoms with van der Waals surface area (Å²) in [5, 5.41) is 15.8. The molecule has 0 N–H and O–H groups in total. The van der Waals surface area contributed by atoms with Gasteiger partial charge in [0.15, 0.2) is 5.65 Å². The SMILES string of the molecule is O=c1c2cnn(-c3ccccc3[N+](=O)[O-])c2ncn1Cc1ccc(F)cc1Cl. The van der Waals surface area contributed by atoms with Gasteiger partial charge in [-0.05, 0) is 23.8 Å². The molecule has 2 aromatic heterocycles. The van der Waals surface area contributed by atoms with Crippen LogP contribution in [0.5, 0.6) is 0 Å².